The van der Waals surface area contributed by atoms with E-state index in [2.05, 4.69) is 10.1 Å². The molecule has 0 radical (unpaired) electrons. The predicted octanol–water partition coefficient (Wildman–Crippen LogP) is 1.72. The first-order chi connectivity index (χ1) is 7.63. The number of methoxy groups -OCH3 is 1. The van der Waals surface area contributed by atoms with Gasteiger partial charge < -0.3 is 10.1 Å². The fraction of sp³-hybridized carbons (Fsp3) is 0.417. The Morgan fingerprint density at radius 3 is 2.94 bits per heavy atom. The molecule has 0 spiro atoms. The Hall–Kier alpha value is -1.42. The summed E-state index contributed by atoms with van der Waals surface area (Å²) in [5, 5.41) is 3.08. The van der Waals surface area contributed by atoms with Gasteiger partial charge in [0.25, 0.3) is 0 Å². The van der Waals surface area contributed by atoms with E-state index in [9.17, 15) is 9.18 Å². The number of ether oxygens (including phenoxy) is 1. The molecule has 4 heteroatoms. The van der Waals surface area contributed by atoms with Crippen LogP contribution < -0.4 is 5.32 Å². The summed E-state index contributed by atoms with van der Waals surface area (Å²) in [7, 11) is 1.37. The minimum Gasteiger partial charge on any atom is -0.469 e. The van der Waals surface area contributed by atoms with Gasteiger partial charge in [-0.15, -0.1) is 0 Å². The summed E-state index contributed by atoms with van der Waals surface area (Å²) in [6, 6.07) is 6.37. The summed E-state index contributed by atoms with van der Waals surface area (Å²) in [6.45, 7) is 2.84. The quantitative estimate of drug-likeness (QED) is 0.775. The Labute approximate surface area is 94.6 Å². The van der Waals surface area contributed by atoms with E-state index in [1.165, 1.54) is 19.2 Å². The maximum atomic E-state index is 12.8. The number of hydrogen-bond donors (Lipinski definition) is 1. The SMILES string of the molecule is COC(=O)C(C)CNCc1cccc(F)c1. The number of esters is 1. The fourth-order valence-corrected chi connectivity index (χ4v) is 1.36. The first kappa shape index (κ1) is 12.6. The van der Waals surface area contributed by atoms with Gasteiger partial charge in [-0.25, -0.2) is 4.39 Å². The molecule has 16 heavy (non-hydrogen) atoms. The molecule has 0 fully saturated rings. The van der Waals surface area contributed by atoms with Gasteiger partial charge in [0.15, 0.2) is 0 Å². The molecule has 0 heterocycles. The average molecular weight is 225 g/mol. The molecule has 0 amide bonds. The van der Waals surface area contributed by atoms with Crippen LogP contribution in [0.5, 0.6) is 0 Å². The minimum absolute atomic E-state index is 0.196. The number of carbonyl (C=O) groups is 1. The minimum atomic E-state index is -0.250. The molecule has 1 rings (SSSR count). The molecule has 0 saturated carbocycles. The van der Waals surface area contributed by atoms with Crippen molar-refractivity contribution in [2.45, 2.75) is 13.5 Å². The first-order valence-corrected chi connectivity index (χ1v) is 5.16. The molecule has 1 atom stereocenters. The zero-order valence-corrected chi connectivity index (χ0v) is 9.50. The third-order valence-corrected chi connectivity index (χ3v) is 2.27. The fourth-order valence-electron chi connectivity index (χ4n) is 1.36. The monoisotopic (exact) mass is 225 g/mol. The van der Waals surface area contributed by atoms with E-state index in [1.807, 2.05) is 6.07 Å². The Morgan fingerprint density at radius 1 is 1.56 bits per heavy atom. The lowest BCUT2D eigenvalue weighted by molar-refractivity contribution is -0.144. The van der Waals surface area contributed by atoms with E-state index in [1.54, 1.807) is 13.0 Å². The highest BCUT2D eigenvalue weighted by Gasteiger charge is 2.11. The van der Waals surface area contributed by atoms with Gasteiger partial charge in [0, 0.05) is 13.1 Å². The zero-order chi connectivity index (χ0) is 12.0. The van der Waals surface area contributed by atoms with Crippen LogP contribution in [0.4, 0.5) is 4.39 Å². The lowest BCUT2D eigenvalue weighted by atomic mass is 10.1. The maximum absolute atomic E-state index is 12.8. The van der Waals surface area contributed by atoms with Gasteiger partial charge in [-0.2, -0.15) is 0 Å². The van der Waals surface area contributed by atoms with E-state index in [-0.39, 0.29) is 17.7 Å². The second-order valence-corrected chi connectivity index (χ2v) is 3.69. The average Bonchev–Trinajstić information content (AvgIpc) is 2.28. The summed E-state index contributed by atoms with van der Waals surface area (Å²) in [4.78, 5) is 11.1. The molecule has 0 bridgehead atoms. The van der Waals surface area contributed by atoms with E-state index in [0.717, 1.165) is 5.56 Å². The Morgan fingerprint density at radius 2 is 2.31 bits per heavy atom. The number of hydrogen-bond acceptors (Lipinski definition) is 3. The van der Waals surface area contributed by atoms with Crippen molar-refractivity contribution in [2.24, 2.45) is 5.92 Å². The van der Waals surface area contributed by atoms with Crippen molar-refractivity contribution in [3.05, 3.63) is 35.6 Å². The smallest absolute Gasteiger partial charge is 0.309 e. The third kappa shape index (κ3) is 3.98. The normalized spacial score (nSPS) is 12.2. The third-order valence-electron chi connectivity index (χ3n) is 2.27. The number of benzene rings is 1. The highest BCUT2D eigenvalue weighted by molar-refractivity contribution is 5.71. The molecule has 3 nitrogen and oxygen atoms in total. The van der Waals surface area contributed by atoms with Crippen LogP contribution >= 0.6 is 0 Å². The summed E-state index contributed by atoms with van der Waals surface area (Å²) < 4.78 is 17.4. The second kappa shape index (κ2) is 6.23. The van der Waals surface area contributed by atoms with Crippen molar-refractivity contribution < 1.29 is 13.9 Å². The van der Waals surface area contributed by atoms with E-state index >= 15 is 0 Å². The van der Waals surface area contributed by atoms with Crippen LogP contribution in [0.1, 0.15) is 12.5 Å². The van der Waals surface area contributed by atoms with Crippen LogP contribution in [0, 0.1) is 11.7 Å². The van der Waals surface area contributed by atoms with Crippen LogP contribution in [0.2, 0.25) is 0 Å². The van der Waals surface area contributed by atoms with Gasteiger partial charge >= 0.3 is 5.97 Å². The molecule has 0 saturated heterocycles. The molecular formula is C12H16FNO2. The standard InChI is InChI=1S/C12H16FNO2/c1-9(12(15)16-2)7-14-8-10-4-3-5-11(13)6-10/h3-6,9,14H,7-8H2,1-2H3. The van der Waals surface area contributed by atoms with Crippen molar-refractivity contribution >= 4 is 5.97 Å². The second-order valence-electron chi connectivity index (χ2n) is 3.69. The molecule has 0 aromatic heterocycles. The van der Waals surface area contributed by atoms with Crippen molar-refractivity contribution in [1.82, 2.24) is 5.32 Å². The largest absolute Gasteiger partial charge is 0.469 e. The highest BCUT2D eigenvalue weighted by Crippen LogP contribution is 2.03. The number of nitrogens with one attached hydrogen (secondary N) is 1. The number of carbonyl (C=O) groups excluding carboxylic acids is 1. The predicted molar refractivity (Wildman–Crippen MR) is 59.3 cm³/mol. The summed E-state index contributed by atoms with van der Waals surface area (Å²) in [6.07, 6.45) is 0. The summed E-state index contributed by atoms with van der Waals surface area (Å²) >= 11 is 0. The van der Waals surface area contributed by atoms with E-state index in [0.29, 0.717) is 13.1 Å². The zero-order valence-electron chi connectivity index (χ0n) is 9.50. The van der Waals surface area contributed by atoms with Crippen molar-refractivity contribution in [3.8, 4) is 0 Å². The topological polar surface area (TPSA) is 38.3 Å². The Bertz CT molecular complexity index is 355. The molecule has 0 aliphatic heterocycles. The molecule has 1 unspecified atom stereocenters. The van der Waals surface area contributed by atoms with Crippen LogP contribution in [0.25, 0.3) is 0 Å². The van der Waals surface area contributed by atoms with E-state index in [4.69, 9.17) is 0 Å². The van der Waals surface area contributed by atoms with Gasteiger partial charge in [0.2, 0.25) is 0 Å². The summed E-state index contributed by atoms with van der Waals surface area (Å²) in [5.41, 5.74) is 0.858. The maximum Gasteiger partial charge on any atom is 0.309 e. The lowest BCUT2D eigenvalue weighted by Crippen LogP contribution is -2.26. The Balaban J connectivity index is 2.33. The van der Waals surface area contributed by atoms with Crippen molar-refractivity contribution in [3.63, 3.8) is 0 Å². The van der Waals surface area contributed by atoms with Crippen LogP contribution in [-0.4, -0.2) is 19.6 Å². The molecule has 1 N–H and O–H groups in total. The van der Waals surface area contributed by atoms with Crippen molar-refractivity contribution in [2.75, 3.05) is 13.7 Å². The Kier molecular flexibility index (Phi) is 4.92. The first-order valence-electron chi connectivity index (χ1n) is 5.16. The van der Waals surface area contributed by atoms with Crippen LogP contribution in [0.15, 0.2) is 24.3 Å². The van der Waals surface area contributed by atoms with Gasteiger partial charge in [0.05, 0.1) is 13.0 Å². The van der Waals surface area contributed by atoms with Crippen LogP contribution in [0.3, 0.4) is 0 Å². The molecule has 0 aliphatic carbocycles. The van der Waals surface area contributed by atoms with Crippen molar-refractivity contribution in [1.29, 1.82) is 0 Å². The molecular weight excluding hydrogens is 209 g/mol. The lowest BCUT2D eigenvalue weighted by Gasteiger charge is -2.10. The van der Waals surface area contributed by atoms with Gasteiger partial charge in [0.1, 0.15) is 5.82 Å². The number of rotatable bonds is 5. The van der Waals surface area contributed by atoms with Gasteiger partial charge in [-0.1, -0.05) is 19.1 Å². The molecule has 1 aromatic rings. The summed E-state index contributed by atoms with van der Waals surface area (Å²) in [5.74, 6) is -0.689. The van der Waals surface area contributed by atoms with E-state index < -0.39 is 0 Å². The molecule has 0 aliphatic rings. The van der Waals surface area contributed by atoms with Gasteiger partial charge in [-0.05, 0) is 17.7 Å². The number of halogens is 1. The van der Waals surface area contributed by atoms with Gasteiger partial charge in [-0.3, -0.25) is 4.79 Å². The molecule has 1 aromatic carbocycles. The van der Waals surface area contributed by atoms with Crippen LogP contribution in [-0.2, 0) is 16.1 Å². The highest BCUT2D eigenvalue weighted by atomic mass is 19.1. The molecule has 88 valence electrons.